The highest BCUT2D eigenvalue weighted by Crippen LogP contribution is 2.18. The Morgan fingerprint density at radius 1 is 1.47 bits per heavy atom. The number of fused-ring (bicyclic) bond motifs is 1. The lowest BCUT2D eigenvalue weighted by Crippen LogP contribution is -2.25. The van der Waals surface area contributed by atoms with E-state index in [-0.39, 0.29) is 0 Å². The molecule has 0 radical (unpaired) electrons. The number of aromatic amines is 1. The van der Waals surface area contributed by atoms with Gasteiger partial charge in [0.15, 0.2) is 0 Å². The molecule has 2 rings (SSSR count). The summed E-state index contributed by atoms with van der Waals surface area (Å²) in [7, 11) is 1.36. The number of nitrogens with zero attached hydrogens (tertiary/aromatic N) is 1. The van der Waals surface area contributed by atoms with Crippen molar-refractivity contribution in [1.82, 2.24) is 15.3 Å². The first-order chi connectivity index (χ1) is 9.10. The summed E-state index contributed by atoms with van der Waals surface area (Å²) in [5.41, 5.74) is 3.18. The van der Waals surface area contributed by atoms with E-state index in [1.54, 1.807) is 0 Å². The van der Waals surface area contributed by atoms with Crippen molar-refractivity contribution in [3.8, 4) is 0 Å². The van der Waals surface area contributed by atoms with Gasteiger partial charge in [0.25, 0.3) is 0 Å². The Balaban J connectivity index is 2.06. The van der Waals surface area contributed by atoms with Crippen LogP contribution in [0.3, 0.4) is 0 Å². The second-order valence-electron chi connectivity index (χ2n) is 4.80. The summed E-state index contributed by atoms with van der Waals surface area (Å²) in [6.07, 6.45) is 0.367. The molecule has 0 fully saturated rings. The Morgan fingerprint density at radius 2 is 2.26 bits per heavy atom. The van der Waals surface area contributed by atoms with Gasteiger partial charge in [-0.15, -0.1) is 0 Å². The number of hydrogen-bond donors (Lipinski definition) is 2. The van der Waals surface area contributed by atoms with E-state index < -0.39 is 6.09 Å². The van der Waals surface area contributed by atoms with Crippen LogP contribution in [0.5, 0.6) is 0 Å². The van der Waals surface area contributed by atoms with Crippen LogP contribution in [-0.4, -0.2) is 29.7 Å². The molecule has 2 aromatic rings. The summed E-state index contributed by atoms with van der Waals surface area (Å²) >= 11 is 0. The van der Waals surface area contributed by atoms with E-state index in [1.807, 2.05) is 12.1 Å². The number of rotatable bonds is 4. The number of alkyl carbamates (subject to hydrolysis) is 1. The smallest absolute Gasteiger partial charge is 0.406 e. The number of carbonyl (C=O) groups excluding carboxylic acids is 1. The van der Waals surface area contributed by atoms with Gasteiger partial charge in [0, 0.05) is 12.5 Å². The number of nitrogens with one attached hydrogen (secondary N) is 2. The normalized spacial score (nSPS) is 10.9. The molecule has 0 saturated carbocycles. The van der Waals surface area contributed by atoms with Crippen molar-refractivity contribution < 1.29 is 9.53 Å². The molecular weight excluding hydrogens is 242 g/mol. The predicted molar refractivity (Wildman–Crippen MR) is 74.3 cm³/mol. The third-order valence-corrected chi connectivity index (χ3v) is 2.98. The first-order valence-electron chi connectivity index (χ1n) is 6.40. The third-order valence-electron chi connectivity index (χ3n) is 2.98. The van der Waals surface area contributed by atoms with Crippen molar-refractivity contribution in [2.75, 3.05) is 13.7 Å². The average molecular weight is 261 g/mol. The lowest BCUT2D eigenvalue weighted by atomic mass is 10.1. The van der Waals surface area contributed by atoms with Crippen molar-refractivity contribution >= 4 is 17.1 Å². The highest BCUT2D eigenvalue weighted by atomic mass is 16.5. The minimum atomic E-state index is -0.398. The maximum absolute atomic E-state index is 10.9. The van der Waals surface area contributed by atoms with Crippen molar-refractivity contribution in [1.29, 1.82) is 0 Å². The zero-order chi connectivity index (χ0) is 13.8. The number of carbonyl (C=O) groups is 1. The Labute approximate surface area is 112 Å². The molecule has 0 aliphatic heterocycles. The fraction of sp³-hybridized carbons (Fsp3) is 0.429. The van der Waals surface area contributed by atoms with Crippen LogP contribution in [0.2, 0.25) is 0 Å². The van der Waals surface area contributed by atoms with Gasteiger partial charge in [-0.2, -0.15) is 0 Å². The van der Waals surface area contributed by atoms with Gasteiger partial charge >= 0.3 is 6.09 Å². The van der Waals surface area contributed by atoms with Gasteiger partial charge in [0.1, 0.15) is 5.82 Å². The lowest BCUT2D eigenvalue weighted by Gasteiger charge is -2.03. The zero-order valence-electron chi connectivity index (χ0n) is 11.5. The van der Waals surface area contributed by atoms with Crippen LogP contribution >= 0.6 is 0 Å². The van der Waals surface area contributed by atoms with Crippen LogP contribution in [0.15, 0.2) is 18.2 Å². The summed E-state index contributed by atoms with van der Waals surface area (Å²) in [5, 5.41) is 2.67. The van der Waals surface area contributed by atoms with Gasteiger partial charge in [-0.05, 0) is 24.1 Å². The molecule has 1 amide bonds. The second kappa shape index (κ2) is 5.73. The minimum absolute atomic E-state index is 0.386. The molecule has 0 aliphatic carbocycles. The third kappa shape index (κ3) is 3.24. The monoisotopic (exact) mass is 261 g/mol. The second-order valence-corrected chi connectivity index (χ2v) is 4.80. The molecule has 1 aromatic carbocycles. The largest absolute Gasteiger partial charge is 0.453 e. The van der Waals surface area contributed by atoms with E-state index in [9.17, 15) is 4.79 Å². The number of hydrogen-bond acceptors (Lipinski definition) is 3. The molecular formula is C14H19N3O2. The summed E-state index contributed by atoms with van der Waals surface area (Å²) in [6.45, 7) is 4.78. The number of ether oxygens (including phenoxy) is 1. The van der Waals surface area contributed by atoms with Crippen LogP contribution in [0.1, 0.15) is 31.2 Å². The van der Waals surface area contributed by atoms with E-state index in [2.05, 4.69) is 39.9 Å². The highest BCUT2D eigenvalue weighted by molar-refractivity contribution is 5.76. The molecule has 0 spiro atoms. The van der Waals surface area contributed by atoms with Crippen LogP contribution in [0, 0.1) is 0 Å². The quantitative estimate of drug-likeness (QED) is 0.889. The first-order valence-corrected chi connectivity index (χ1v) is 6.40. The predicted octanol–water partition coefficient (Wildman–Crippen LogP) is 2.58. The number of benzene rings is 1. The summed E-state index contributed by atoms with van der Waals surface area (Å²) in [6, 6.07) is 6.12. The van der Waals surface area contributed by atoms with Gasteiger partial charge < -0.3 is 15.0 Å². The number of aromatic nitrogens is 2. The highest BCUT2D eigenvalue weighted by Gasteiger charge is 2.07. The molecule has 0 bridgehead atoms. The standard InChI is InChI=1S/C14H19N3O2/c1-9(2)13-16-11-5-4-10(8-12(11)17-13)6-7-15-14(18)19-3/h4-5,8-9H,6-7H2,1-3H3,(H,15,18)(H,16,17). The van der Waals surface area contributed by atoms with Crippen molar-refractivity contribution in [3.05, 3.63) is 29.6 Å². The van der Waals surface area contributed by atoms with Gasteiger partial charge in [-0.3, -0.25) is 0 Å². The molecule has 102 valence electrons. The van der Waals surface area contributed by atoms with Crippen molar-refractivity contribution in [3.63, 3.8) is 0 Å². The number of amides is 1. The fourth-order valence-corrected chi connectivity index (χ4v) is 1.89. The van der Waals surface area contributed by atoms with E-state index in [0.29, 0.717) is 12.5 Å². The maximum atomic E-state index is 10.9. The Kier molecular flexibility index (Phi) is 4.04. The molecule has 0 aliphatic rings. The molecule has 2 N–H and O–H groups in total. The van der Waals surface area contributed by atoms with Gasteiger partial charge in [-0.25, -0.2) is 9.78 Å². The first kappa shape index (κ1) is 13.4. The topological polar surface area (TPSA) is 67.0 Å². The number of methoxy groups -OCH3 is 1. The Bertz CT molecular complexity index is 575. The minimum Gasteiger partial charge on any atom is -0.453 e. The number of imidazole rings is 1. The molecule has 1 heterocycles. The Hall–Kier alpha value is -2.04. The number of H-pyrrole nitrogens is 1. The Morgan fingerprint density at radius 3 is 2.95 bits per heavy atom. The molecule has 0 atom stereocenters. The average Bonchev–Trinajstić information content (AvgIpc) is 2.81. The molecule has 0 unspecified atom stereocenters. The summed E-state index contributed by atoms with van der Waals surface area (Å²) in [4.78, 5) is 18.8. The van der Waals surface area contributed by atoms with Crippen LogP contribution in [0.25, 0.3) is 11.0 Å². The summed E-state index contributed by atoms with van der Waals surface area (Å²) < 4.78 is 4.52. The van der Waals surface area contributed by atoms with E-state index in [1.165, 1.54) is 7.11 Å². The molecule has 1 aromatic heterocycles. The van der Waals surface area contributed by atoms with Gasteiger partial charge in [-0.1, -0.05) is 19.9 Å². The maximum Gasteiger partial charge on any atom is 0.406 e. The molecule has 0 saturated heterocycles. The van der Waals surface area contributed by atoms with Gasteiger partial charge in [0.05, 0.1) is 18.1 Å². The van der Waals surface area contributed by atoms with Crippen molar-refractivity contribution in [2.24, 2.45) is 0 Å². The van der Waals surface area contributed by atoms with E-state index in [0.717, 1.165) is 28.8 Å². The zero-order valence-corrected chi connectivity index (χ0v) is 11.5. The van der Waals surface area contributed by atoms with Crippen LogP contribution in [-0.2, 0) is 11.2 Å². The van der Waals surface area contributed by atoms with Crippen LogP contribution in [0.4, 0.5) is 4.79 Å². The van der Waals surface area contributed by atoms with Crippen molar-refractivity contribution in [2.45, 2.75) is 26.2 Å². The van der Waals surface area contributed by atoms with Crippen LogP contribution < -0.4 is 5.32 Å². The SMILES string of the molecule is COC(=O)NCCc1ccc2nc(C(C)C)[nH]c2c1. The van der Waals surface area contributed by atoms with Gasteiger partial charge in [0.2, 0.25) is 0 Å². The fourth-order valence-electron chi connectivity index (χ4n) is 1.89. The van der Waals surface area contributed by atoms with E-state index >= 15 is 0 Å². The van der Waals surface area contributed by atoms with E-state index in [4.69, 9.17) is 0 Å². The summed E-state index contributed by atoms with van der Waals surface area (Å²) in [5.74, 6) is 1.39. The molecule has 19 heavy (non-hydrogen) atoms. The molecule has 5 nitrogen and oxygen atoms in total. The lowest BCUT2D eigenvalue weighted by molar-refractivity contribution is 0.171. The molecule has 5 heteroatoms.